The Balaban J connectivity index is 1.75. The highest BCUT2D eigenvalue weighted by Crippen LogP contribution is 2.69. The van der Waals surface area contributed by atoms with Gasteiger partial charge in [0.05, 0.1) is 31.8 Å². The minimum atomic E-state index is -1.11. The van der Waals surface area contributed by atoms with Gasteiger partial charge < -0.3 is 19.7 Å². The second kappa shape index (κ2) is 7.94. The molecule has 0 amide bonds. The molecular weight excluding hydrogens is 412 g/mol. The van der Waals surface area contributed by atoms with Crippen LogP contribution in [-0.2, 0) is 23.9 Å². The monoisotopic (exact) mass is 448 g/mol. The first-order chi connectivity index (χ1) is 15.0. The standard InChI is InChI=1S/C25H36O7/c1-23-8-5-15(26)11-14(23)12-16(22(29)32-4)20-17-6-9-25(30,10-7-19(28)31-3)24(17,2)13-18(27)21(20)23/h11,16-18,20-21,27,30H,5-10,12-13H2,1-4H3/t16-,17+,18?,20+,21+,23+,24+,25-/m1/s1. The van der Waals surface area contributed by atoms with E-state index in [1.165, 1.54) is 14.2 Å². The van der Waals surface area contributed by atoms with Crippen molar-refractivity contribution in [2.24, 2.45) is 34.5 Å². The molecule has 32 heavy (non-hydrogen) atoms. The summed E-state index contributed by atoms with van der Waals surface area (Å²) in [7, 11) is 2.72. The predicted molar refractivity (Wildman–Crippen MR) is 115 cm³/mol. The molecule has 0 saturated heterocycles. The second-order valence-electron chi connectivity index (χ2n) is 10.9. The fourth-order valence-electron chi connectivity index (χ4n) is 7.98. The summed E-state index contributed by atoms with van der Waals surface area (Å²) in [5.41, 5.74) is -1.14. The van der Waals surface area contributed by atoms with E-state index in [4.69, 9.17) is 9.47 Å². The van der Waals surface area contributed by atoms with Crippen molar-refractivity contribution in [3.63, 3.8) is 0 Å². The number of methoxy groups -OCH3 is 2. The number of aliphatic hydroxyl groups is 2. The van der Waals surface area contributed by atoms with Crippen LogP contribution in [0.1, 0.15) is 65.2 Å². The van der Waals surface area contributed by atoms with Crippen molar-refractivity contribution in [1.82, 2.24) is 0 Å². The first-order valence-electron chi connectivity index (χ1n) is 11.8. The summed E-state index contributed by atoms with van der Waals surface area (Å²) < 4.78 is 9.96. The van der Waals surface area contributed by atoms with Crippen LogP contribution in [-0.4, -0.2) is 53.9 Å². The number of ether oxygens (including phenoxy) is 2. The van der Waals surface area contributed by atoms with E-state index in [2.05, 4.69) is 6.92 Å². The molecule has 0 bridgehead atoms. The molecule has 0 aromatic carbocycles. The van der Waals surface area contributed by atoms with Crippen molar-refractivity contribution < 1.29 is 34.1 Å². The molecule has 0 spiro atoms. The molecular formula is C25H36O7. The number of esters is 2. The lowest BCUT2D eigenvalue weighted by Gasteiger charge is -2.62. The Morgan fingerprint density at radius 1 is 1.19 bits per heavy atom. The maximum atomic E-state index is 13.0. The summed E-state index contributed by atoms with van der Waals surface area (Å²) in [5.74, 6) is -1.38. The minimum Gasteiger partial charge on any atom is -0.469 e. The van der Waals surface area contributed by atoms with E-state index in [0.29, 0.717) is 32.1 Å². The smallest absolute Gasteiger partial charge is 0.309 e. The lowest BCUT2D eigenvalue weighted by Crippen LogP contribution is -2.62. The molecule has 4 rings (SSSR count). The first-order valence-corrected chi connectivity index (χ1v) is 11.8. The third-order valence-corrected chi connectivity index (χ3v) is 9.75. The van der Waals surface area contributed by atoms with E-state index in [1.54, 1.807) is 6.08 Å². The molecule has 1 unspecified atom stereocenters. The molecule has 3 fully saturated rings. The molecule has 2 N–H and O–H groups in total. The van der Waals surface area contributed by atoms with Crippen molar-refractivity contribution in [2.75, 3.05) is 14.2 Å². The Hall–Kier alpha value is -1.73. The molecule has 3 saturated carbocycles. The summed E-state index contributed by atoms with van der Waals surface area (Å²) in [4.78, 5) is 36.9. The van der Waals surface area contributed by atoms with E-state index >= 15 is 0 Å². The highest BCUT2D eigenvalue weighted by molar-refractivity contribution is 5.92. The van der Waals surface area contributed by atoms with Crippen LogP contribution < -0.4 is 0 Å². The molecule has 0 aromatic heterocycles. The predicted octanol–water partition coefficient (Wildman–Crippen LogP) is 2.57. The number of carbonyl (C=O) groups excluding carboxylic acids is 3. The second-order valence-corrected chi connectivity index (χ2v) is 10.9. The SMILES string of the molecule is COC(=O)CC[C@]1(O)CC[C@H]2[C@@H]3[C@H](C(=O)OC)CC4=CC(=O)CC[C@]4(C)[C@H]3C(O)C[C@@]21C. The molecule has 0 aliphatic heterocycles. The van der Waals surface area contributed by atoms with Crippen LogP contribution in [0.15, 0.2) is 11.6 Å². The Bertz CT molecular complexity index is 849. The molecule has 7 heteroatoms. The zero-order valence-electron chi connectivity index (χ0n) is 19.6. The van der Waals surface area contributed by atoms with Gasteiger partial charge in [-0.2, -0.15) is 0 Å². The molecule has 0 radical (unpaired) electrons. The molecule has 7 nitrogen and oxygen atoms in total. The van der Waals surface area contributed by atoms with Crippen LogP contribution in [0.3, 0.4) is 0 Å². The maximum absolute atomic E-state index is 13.0. The van der Waals surface area contributed by atoms with Crippen LogP contribution in [0, 0.1) is 34.5 Å². The number of aliphatic hydroxyl groups excluding tert-OH is 1. The summed E-state index contributed by atoms with van der Waals surface area (Å²) >= 11 is 0. The highest BCUT2D eigenvalue weighted by atomic mass is 16.5. The van der Waals surface area contributed by atoms with Crippen LogP contribution in [0.5, 0.6) is 0 Å². The van der Waals surface area contributed by atoms with E-state index in [1.807, 2.05) is 6.92 Å². The van der Waals surface area contributed by atoms with Gasteiger partial charge in [0, 0.05) is 18.3 Å². The lowest BCUT2D eigenvalue weighted by molar-refractivity contribution is -0.194. The van der Waals surface area contributed by atoms with Gasteiger partial charge in [-0.05, 0) is 67.8 Å². The normalized spacial score (nSPS) is 45.2. The average molecular weight is 449 g/mol. The summed E-state index contributed by atoms with van der Waals surface area (Å²) in [5, 5.41) is 23.3. The Labute approximate surface area is 189 Å². The number of ketones is 1. The van der Waals surface area contributed by atoms with Crippen LogP contribution in [0.2, 0.25) is 0 Å². The van der Waals surface area contributed by atoms with Crippen molar-refractivity contribution in [3.05, 3.63) is 11.6 Å². The zero-order chi connectivity index (χ0) is 23.5. The Morgan fingerprint density at radius 2 is 1.91 bits per heavy atom. The highest BCUT2D eigenvalue weighted by Gasteiger charge is 2.68. The van der Waals surface area contributed by atoms with Gasteiger partial charge in [-0.15, -0.1) is 0 Å². The minimum absolute atomic E-state index is 0.0126. The molecule has 8 atom stereocenters. The molecule has 178 valence electrons. The number of hydrogen-bond donors (Lipinski definition) is 2. The maximum Gasteiger partial charge on any atom is 0.309 e. The fourth-order valence-corrected chi connectivity index (χ4v) is 7.98. The number of hydrogen-bond acceptors (Lipinski definition) is 7. The van der Waals surface area contributed by atoms with E-state index in [0.717, 1.165) is 12.0 Å². The molecule has 4 aliphatic rings. The summed E-state index contributed by atoms with van der Waals surface area (Å²) in [6, 6.07) is 0. The van der Waals surface area contributed by atoms with Crippen LogP contribution >= 0.6 is 0 Å². The van der Waals surface area contributed by atoms with Gasteiger partial charge in [0.25, 0.3) is 0 Å². The van der Waals surface area contributed by atoms with Crippen molar-refractivity contribution in [3.8, 4) is 0 Å². The van der Waals surface area contributed by atoms with E-state index in [-0.39, 0.29) is 53.7 Å². The van der Waals surface area contributed by atoms with Crippen LogP contribution in [0.4, 0.5) is 0 Å². The van der Waals surface area contributed by atoms with Crippen molar-refractivity contribution in [2.45, 2.75) is 76.9 Å². The van der Waals surface area contributed by atoms with Gasteiger partial charge in [0.2, 0.25) is 0 Å². The Kier molecular flexibility index (Phi) is 5.82. The lowest BCUT2D eigenvalue weighted by atomic mass is 9.43. The molecule has 0 aromatic rings. The van der Waals surface area contributed by atoms with Crippen LogP contribution in [0.25, 0.3) is 0 Å². The molecule has 0 heterocycles. The number of allylic oxidation sites excluding steroid dienone is 1. The van der Waals surface area contributed by atoms with Gasteiger partial charge in [0.15, 0.2) is 5.78 Å². The quantitative estimate of drug-likeness (QED) is 0.636. The topological polar surface area (TPSA) is 110 Å². The summed E-state index contributed by atoms with van der Waals surface area (Å²) in [6.07, 6.45) is 4.58. The first kappa shape index (κ1) is 23.4. The number of carbonyl (C=O) groups is 3. The fraction of sp³-hybridized carbons (Fsp3) is 0.800. The van der Waals surface area contributed by atoms with Crippen molar-refractivity contribution >= 4 is 17.7 Å². The van der Waals surface area contributed by atoms with E-state index < -0.39 is 23.0 Å². The van der Waals surface area contributed by atoms with E-state index in [9.17, 15) is 24.6 Å². The molecule has 4 aliphatic carbocycles. The third kappa shape index (κ3) is 3.26. The van der Waals surface area contributed by atoms with Crippen molar-refractivity contribution in [1.29, 1.82) is 0 Å². The van der Waals surface area contributed by atoms with Gasteiger partial charge in [-0.1, -0.05) is 19.4 Å². The third-order valence-electron chi connectivity index (χ3n) is 9.75. The number of rotatable bonds is 4. The number of fused-ring (bicyclic) bond motifs is 5. The largest absolute Gasteiger partial charge is 0.469 e. The zero-order valence-corrected chi connectivity index (χ0v) is 19.6. The van der Waals surface area contributed by atoms with Gasteiger partial charge in [-0.3, -0.25) is 14.4 Å². The van der Waals surface area contributed by atoms with Gasteiger partial charge >= 0.3 is 11.9 Å². The van der Waals surface area contributed by atoms with Gasteiger partial charge in [-0.25, -0.2) is 0 Å². The summed E-state index contributed by atoms with van der Waals surface area (Å²) in [6.45, 7) is 4.13. The average Bonchev–Trinajstić information content (AvgIpc) is 3.01. The van der Waals surface area contributed by atoms with Gasteiger partial charge in [0.1, 0.15) is 0 Å². The Morgan fingerprint density at radius 3 is 2.56 bits per heavy atom.